The van der Waals surface area contributed by atoms with Gasteiger partial charge in [0.2, 0.25) is 0 Å². The van der Waals surface area contributed by atoms with Gasteiger partial charge in [-0.15, -0.1) is 0 Å². The molecule has 0 saturated heterocycles. The molecular formula is C16H24O. The molecule has 94 valence electrons. The Morgan fingerprint density at radius 3 is 2.59 bits per heavy atom. The number of hydrogen-bond acceptors (Lipinski definition) is 1. The van der Waals surface area contributed by atoms with Gasteiger partial charge in [0.05, 0.1) is 6.10 Å². The van der Waals surface area contributed by atoms with Gasteiger partial charge in [-0.25, -0.2) is 0 Å². The van der Waals surface area contributed by atoms with Crippen molar-refractivity contribution in [1.29, 1.82) is 0 Å². The average molecular weight is 232 g/mol. The summed E-state index contributed by atoms with van der Waals surface area (Å²) in [5.41, 5.74) is 1.42. The van der Waals surface area contributed by atoms with Crippen molar-refractivity contribution in [2.24, 2.45) is 5.92 Å². The highest BCUT2D eigenvalue weighted by atomic mass is 16.3. The molecule has 0 amide bonds. The smallest absolute Gasteiger partial charge is 0.0574 e. The van der Waals surface area contributed by atoms with Crippen LogP contribution < -0.4 is 0 Å². The fraction of sp³-hybridized carbons (Fsp3) is 0.625. The monoisotopic (exact) mass is 232 g/mol. The van der Waals surface area contributed by atoms with Gasteiger partial charge in [-0.2, -0.15) is 0 Å². The maximum atomic E-state index is 10.3. The maximum absolute atomic E-state index is 10.3. The van der Waals surface area contributed by atoms with Crippen LogP contribution in [0.5, 0.6) is 0 Å². The fourth-order valence-electron chi connectivity index (χ4n) is 3.24. The lowest BCUT2D eigenvalue weighted by Crippen LogP contribution is -2.29. The van der Waals surface area contributed by atoms with Crippen LogP contribution in [-0.4, -0.2) is 11.2 Å². The van der Waals surface area contributed by atoms with E-state index in [1.807, 2.05) is 0 Å². The molecule has 1 aliphatic rings. The van der Waals surface area contributed by atoms with Crippen LogP contribution in [0.25, 0.3) is 0 Å². The number of aliphatic hydroxyl groups excluding tert-OH is 1. The lowest BCUT2D eigenvalue weighted by atomic mass is 9.72. The summed E-state index contributed by atoms with van der Waals surface area (Å²) < 4.78 is 0. The standard InChI is InChI=1S/C16H24O/c1-2-8-16(17)15-12-7-6-11-14(15)13-9-4-3-5-10-13/h3-5,9-10,14-17H,2,6-8,11-12H2,1H3. The molecular weight excluding hydrogens is 208 g/mol. The van der Waals surface area contributed by atoms with Crippen molar-refractivity contribution < 1.29 is 5.11 Å². The molecule has 0 bridgehead atoms. The first kappa shape index (κ1) is 12.6. The molecule has 1 aliphatic carbocycles. The summed E-state index contributed by atoms with van der Waals surface area (Å²) >= 11 is 0. The van der Waals surface area contributed by atoms with Gasteiger partial charge in [0, 0.05) is 0 Å². The Kier molecular flexibility index (Phi) is 4.61. The van der Waals surface area contributed by atoms with Crippen LogP contribution >= 0.6 is 0 Å². The highest BCUT2D eigenvalue weighted by Gasteiger charge is 2.31. The molecule has 1 N–H and O–H groups in total. The first-order valence-electron chi connectivity index (χ1n) is 7.06. The summed E-state index contributed by atoms with van der Waals surface area (Å²) in [6, 6.07) is 10.8. The van der Waals surface area contributed by atoms with Gasteiger partial charge in [0.25, 0.3) is 0 Å². The quantitative estimate of drug-likeness (QED) is 0.828. The van der Waals surface area contributed by atoms with E-state index in [0.717, 1.165) is 12.8 Å². The Hall–Kier alpha value is -0.820. The van der Waals surface area contributed by atoms with E-state index < -0.39 is 0 Å². The van der Waals surface area contributed by atoms with E-state index in [0.29, 0.717) is 11.8 Å². The second-order valence-corrected chi connectivity index (χ2v) is 5.32. The molecule has 0 heterocycles. The van der Waals surface area contributed by atoms with Gasteiger partial charge in [-0.3, -0.25) is 0 Å². The van der Waals surface area contributed by atoms with E-state index in [1.165, 1.54) is 31.2 Å². The molecule has 1 fully saturated rings. The third-order valence-corrected chi connectivity index (χ3v) is 4.13. The van der Waals surface area contributed by atoms with Crippen LogP contribution in [0.3, 0.4) is 0 Å². The van der Waals surface area contributed by atoms with Crippen LogP contribution in [0, 0.1) is 5.92 Å². The zero-order chi connectivity index (χ0) is 12.1. The number of rotatable bonds is 4. The lowest BCUT2D eigenvalue weighted by molar-refractivity contribution is 0.0632. The van der Waals surface area contributed by atoms with E-state index in [1.54, 1.807) is 0 Å². The minimum Gasteiger partial charge on any atom is -0.393 e. The lowest BCUT2D eigenvalue weighted by Gasteiger charge is -2.35. The van der Waals surface area contributed by atoms with Gasteiger partial charge in [0.15, 0.2) is 0 Å². The first-order valence-corrected chi connectivity index (χ1v) is 7.06. The van der Waals surface area contributed by atoms with Gasteiger partial charge in [-0.05, 0) is 36.7 Å². The zero-order valence-electron chi connectivity index (χ0n) is 10.8. The molecule has 0 spiro atoms. The fourth-order valence-corrected chi connectivity index (χ4v) is 3.24. The number of aliphatic hydroxyl groups is 1. The largest absolute Gasteiger partial charge is 0.393 e. The van der Waals surface area contributed by atoms with Crippen LogP contribution in [0.1, 0.15) is 56.9 Å². The normalized spacial score (nSPS) is 26.7. The molecule has 1 nitrogen and oxygen atoms in total. The molecule has 1 heteroatoms. The maximum Gasteiger partial charge on any atom is 0.0574 e. The van der Waals surface area contributed by atoms with Gasteiger partial charge in [-0.1, -0.05) is 56.5 Å². The van der Waals surface area contributed by atoms with E-state index in [9.17, 15) is 5.11 Å². The van der Waals surface area contributed by atoms with Crippen molar-refractivity contribution >= 4 is 0 Å². The van der Waals surface area contributed by atoms with Crippen molar-refractivity contribution in [2.75, 3.05) is 0 Å². The molecule has 3 atom stereocenters. The first-order chi connectivity index (χ1) is 8.33. The molecule has 1 saturated carbocycles. The Bertz CT molecular complexity index is 320. The van der Waals surface area contributed by atoms with Crippen molar-refractivity contribution in [3.05, 3.63) is 35.9 Å². The second-order valence-electron chi connectivity index (χ2n) is 5.32. The second kappa shape index (κ2) is 6.20. The predicted molar refractivity (Wildman–Crippen MR) is 72.1 cm³/mol. The van der Waals surface area contributed by atoms with Crippen molar-refractivity contribution in [1.82, 2.24) is 0 Å². The minimum atomic E-state index is -0.106. The third-order valence-electron chi connectivity index (χ3n) is 4.13. The minimum absolute atomic E-state index is 0.106. The molecule has 2 rings (SSSR count). The third kappa shape index (κ3) is 3.10. The Balaban J connectivity index is 2.12. The van der Waals surface area contributed by atoms with Crippen LogP contribution in [0.4, 0.5) is 0 Å². The summed E-state index contributed by atoms with van der Waals surface area (Å²) in [7, 11) is 0. The highest BCUT2D eigenvalue weighted by Crippen LogP contribution is 2.40. The van der Waals surface area contributed by atoms with Crippen LogP contribution in [0.15, 0.2) is 30.3 Å². The average Bonchev–Trinajstić information content (AvgIpc) is 2.40. The predicted octanol–water partition coefficient (Wildman–Crippen LogP) is 4.12. The SMILES string of the molecule is CCCC(O)C1CCCCC1c1ccccc1. The van der Waals surface area contributed by atoms with Gasteiger partial charge in [0.1, 0.15) is 0 Å². The Morgan fingerprint density at radius 2 is 1.88 bits per heavy atom. The summed E-state index contributed by atoms with van der Waals surface area (Å²) in [5, 5.41) is 10.3. The summed E-state index contributed by atoms with van der Waals surface area (Å²) in [4.78, 5) is 0. The summed E-state index contributed by atoms with van der Waals surface area (Å²) in [5.74, 6) is 1.05. The zero-order valence-corrected chi connectivity index (χ0v) is 10.8. The van der Waals surface area contributed by atoms with E-state index in [4.69, 9.17) is 0 Å². The molecule has 1 aromatic carbocycles. The van der Waals surface area contributed by atoms with E-state index >= 15 is 0 Å². The number of benzene rings is 1. The van der Waals surface area contributed by atoms with Gasteiger partial charge < -0.3 is 5.11 Å². The van der Waals surface area contributed by atoms with E-state index in [2.05, 4.69) is 37.3 Å². The van der Waals surface area contributed by atoms with Crippen molar-refractivity contribution in [2.45, 2.75) is 57.5 Å². The Labute approximate surface area is 105 Å². The summed E-state index contributed by atoms with van der Waals surface area (Å²) in [6.07, 6.45) is 6.97. The number of hydrogen-bond donors (Lipinski definition) is 1. The highest BCUT2D eigenvalue weighted by molar-refractivity contribution is 5.21. The molecule has 0 radical (unpaired) electrons. The van der Waals surface area contributed by atoms with Crippen LogP contribution in [0.2, 0.25) is 0 Å². The van der Waals surface area contributed by atoms with Crippen molar-refractivity contribution in [3.63, 3.8) is 0 Å². The van der Waals surface area contributed by atoms with Crippen molar-refractivity contribution in [3.8, 4) is 0 Å². The molecule has 3 unspecified atom stereocenters. The molecule has 0 aromatic heterocycles. The molecule has 0 aliphatic heterocycles. The Morgan fingerprint density at radius 1 is 1.18 bits per heavy atom. The van der Waals surface area contributed by atoms with E-state index in [-0.39, 0.29) is 6.10 Å². The topological polar surface area (TPSA) is 20.2 Å². The molecule has 1 aromatic rings. The summed E-state index contributed by atoms with van der Waals surface area (Å²) in [6.45, 7) is 2.16. The van der Waals surface area contributed by atoms with Gasteiger partial charge >= 0.3 is 0 Å². The van der Waals surface area contributed by atoms with Crippen LogP contribution in [-0.2, 0) is 0 Å². The molecule has 17 heavy (non-hydrogen) atoms.